The number of carbonyl (C=O) groups is 1. The Morgan fingerprint density at radius 2 is 1.90 bits per heavy atom. The fourth-order valence-corrected chi connectivity index (χ4v) is 5.17. The van der Waals surface area contributed by atoms with Crippen LogP contribution in [0.25, 0.3) is 0 Å². The van der Waals surface area contributed by atoms with Crippen molar-refractivity contribution in [1.82, 2.24) is 5.32 Å². The summed E-state index contributed by atoms with van der Waals surface area (Å²) in [5.74, 6) is 0.886. The number of fused-ring (bicyclic) bond motifs is 2. The van der Waals surface area contributed by atoms with Crippen molar-refractivity contribution in [3.05, 3.63) is 53.6 Å². The van der Waals surface area contributed by atoms with Crippen LogP contribution >= 0.6 is 0 Å². The van der Waals surface area contributed by atoms with Crippen LogP contribution in [0.15, 0.2) is 42.5 Å². The Morgan fingerprint density at radius 3 is 2.65 bits per heavy atom. The van der Waals surface area contributed by atoms with E-state index in [1.807, 2.05) is 39.0 Å². The van der Waals surface area contributed by atoms with Gasteiger partial charge in [0.15, 0.2) is 6.10 Å². The van der Waals surface area contributed by atoms with E-state index < -0.39 is 21.7 Å². The lowest BCUT2D eigenvalue weighted by Gasteiger charge is -2.38. The summed E-state index contributed by atoms with van der Waals surface area (Å²) < 4.78 is 38.0. The quantitative estimate of drug-likeness (QED) is 0.785. The molecule has 0 spiro atoms. The summed E-state index contributed by atoms with van der Waals surface area (Å²) in [4.78, 5) is 13.2. The van der Waals surface area contributed by atoms with Gasteiger partial charge >= 0.3 is 0 Å². The minimum atomic E-state index is -3.49. The van der Waals surface area contributed by atoms with Gasteiger partial charge in [-0.2, -0.15) is 0 Å². The Kier molecular flexibility index (Phi) is 5.37. The van der Waals surface area contributed by atoms with Crippen LogP contribution in [0.1, 0.15) is 43.9 Å². The molecule has 2 aliphatic heterocycles. The second-order valence-corrected chi connectivity index (χ2v) is 10.8. The van der Waals surface area contributed by atoms with Crippen molar-refractivity contribution >= 4 is 21.6 Å². The summed E-state index contributed by atoms with van der Waals surface area (Å²) in [5, 5.41) is 3.13. The number of sulfonamides is 1. The number of hydrogen-bond acceptors (Lipinski definition) is 5. The number of ether oxygens (including phenoxy) is 2. The molecule has 2 aromatic rings. The summed E-state index contributed by atoms with van der Waals surface area (Å²) in [5.41, 5.74) is 2.06. The molecule has 7 nitrogen and oxygen atoms in total. The Hall–Kier alpha value is -2.74. The Morgan fingerprint density at radius 1 is 1.16 bits per heavy atom. The number of nitrogens with zero attached hydrogens (tertiary/aromatic N) is 1. The molecule has 8 heteroatoms. The third-order valence-electron chi connectivity index (χ3n) is 5.63. The maximum Gasteiger partial charge on any atom is 0.261 e. The zero-order valence-corrected chi connectivity index (χ0v) is 19.0. The molecule has 2 aliphatic rings. The molecule has 0 aromatic heterocycles. The second kappa shape index (κ2) is 7.75. The number of hydrogen-bond donors (Lipinski definition) is 1. The van der Waals surface area contributed by atoms with Gasteiger partial charge in [0.2, 0.25) is 10.0 Å². The monoisotopic (exact) mass is 444 g/mol. The molecule has 0 fully saturated rings. The molecule has 2 heterocycles. The van der Waals surface area contributed by atoms with Crippen molar-refractivity contribution in [3.63, 3.8) is 0 Å². The number of rotatable bonds is 3. The summed E-state index contributed by atoms with van der Waals surface area (Å²) in [6, 6.07) is 12.6. The van der Waals surface area contributed by atoms with E-state index in [4.69, 9.17) is 9.47 Å². The van der Waals surface area contributed by atoms with Crippen molar-refractivity contribution in [2.24, 2.45) is 0 Å². The molecular weight excluding hydrogens is 416 g/mol. The molecule has 4 rings (SSSR count). The standard InChI is InChI=1S/C23H28N2O5S/c1-15-9-10-19-16(13-15)17(14-23(2,3)30-19)24-22(26)21-11-12-25(31(4,27)28)18-7-5-6-8-20(18)29-21/h5-10,13,17,21H,11-12,14H2,1-4H3,(H,24,26)/t17-,21+/m0/s1. The molecule has 1 N–H and O–H groups in total. The molecule has 31 heavy (non-hydrogen) atoms. The number of anilines is 1. The van der Waals surface area contributed by atoms with E-state index in [-0.39, 0.29) is 24.9 Å². The number of nitrogens with one attached hydrogen (secondary N) is 1. The predicted octanol–water partition coefficient (Wildman–Crippen LogP) is 3.33. The lowest BCUT2D eigenvalue weighted by molar-refractivity contribution is -0.129. The zero-order chi connectivity index (χ0) is 22.4. The molecule has 2 aromatic carbocycles. The van der Waals surface area contributed by atoms with E-state index in [1.165, 1.54) is 4.31 Å². The maximum atomic E-state index is 13.2. The minimum Gasteiger partial charge on any atom is -0.487 e. The van der Waals surface area contributed by atoms with Gasteiger partial charge in [0.1, 0.15) is 17.1 Å². The van der Waals surface area contributed by atoms with E-state index in [0.717, 1.165) is 23.1 Å². The first-order chi connectivity index (χ1) is 14.5. The van der Waals surface area contributed by atoms with E-state index in [2.05, 4.69) is 5.32 Å². The second-order valence-electron chi connectivity index (χ2n) is 8.87. The van der Waals surface area contributed by atoms with E-state index in [0.29, 0.717) is 17.9 Å². The highest BCUT2D eigenvalue weighted by molar-refractivity contribution is 7.92. The molecule has 0 aliphatic carbocycles. The van der Waals surface area contributed by atoms with E-state index in [9.17, 15) is 13.2 Å². The average molecular weight is 445 g/mol. The Balaban J connectivity index is 1.59. The number of para-hydroxylation sites is 2. The largest absolute Gasteiger partial charge is 0.487 e. The third-order valence-corrected chi connectivity index (χ3v) is 6.81. The highest BCUT2D eigenvalue weighted by atomic mass is 32.2. The van der Waals surface area contributed by atoms with Crippen molar-refractivity contribution in [3.8, 4) is 11.5 Å². The normalized spacial score (nSPS) is 22.3. The van der Waals surface area contributed by atoms with Crippen LogP contribution in [0.2, 0.25) is 0 Å². The molecule has 1 amide bonds. The van der Waals surface area contributed by atoms with Gasteiger partial charge in [0, 0.05) is 24.9 Å². The van der Waals surface area contributed by atoms with Gasteiger partial charge in [-0.3, -0.25) is 9.10 Å². The fourth-order valence-electron chi connectivity index (χ4n) is 4.23. The van der Waals surface area contributed by atoms with Gasteiger partial charge in [-0.05, 0) is 39.0 Å². The first kappa shape index (κ1) is 21.5. The number of benzene rings is 2. The number of amides is 1. The Labute approximate surface area is 183 Å². The van der Waals surface area contributed by atoms with Crippen molar-refractivity contribution in [2.45, 2.75) is 51.4 Å². The van der Waals surface area contributed by atoms with Gasteiger partial charge in [-0.15, -0.1) is 0 Å². The van der Waals surface area contributed by atoms with Gasteiger partial charge in [-0.25, -0.2) is 8.42 Å². The van der Waals surface area contributed by atoms with Crippen LogP contribution in [0, 0.1) is 6.92 Å². The summed E-state index contributed by atoms with van der Waals surface area (Å²) in [6.45, 7) is 6.17. The van der Waals surface area contributed by atoms with E-state index in [1.54, 1.807) is 24.3 Å². The maximum absolute atomic E-state index is 13.2. The van der Waals surface area contributed by atoms with Crippen molar-refractivity contribution in [2.75, 3.05) is 17.1 Å². The SMILES string of the molecule is Cc1ccc2c(c1)[C@@H](NC(=O)[C@H]1CCN(S(C)(=O)=O)c3ccccc3O1)CC(C)(C)O2. The van der Waals surface area contributed by atoms with E-state index >= 15 is 0 Å². The number of carbonyl (C=O) groups excluding carboxylic acids is 1. The molecule has 0 radical (unpaired) electrons. The van der Waals surface area contributed by atoms with Crippen LogP contribution in [0.3, 0.4) is 0 Å². The Bertz CT molecular complexity index is 1110. The summed E-state index contributed by atoms with van der Waals surface area (Å²) in [6.07, 6.45) is 1.23. The predicted molar refractivity (Wildman–Crippen MR) is 119 cm³/mol. The van der Waals surface area contributed by atoms with Crippen LogP contribution in [0.4, 0.5) is 5.69 Å². The van der Waals surface area contributed by atoms with Crippen LogP contribution in [0.5, 0.6) is 11.5 Å². The van der Waals surface area contributed by atoms with Crippen LogP contribution in [-0.4, -0.2) is 38.8 Å². The first-order valence-electron chi connectivity index (χ1n) is 10.4. The lowest BCUT2D eigenvalue weighted by Crippen LogP contribution is -2.46. The minimum absolute atomic E-state index is 0.170. The molecule has 166 valence electrons. The van der Waals surface area contributed by atoms with Gasteiger partial charge in [-0.1, -0.05) is 29.8 Å². The van der Waals surface area contributed by atoms with Gasteiger partial charge in [0.25, 0.3) is 5.91 Å². The molecule has 0 saturated carbocycles. The molecule has 0 saturated heterocycles. The smallest absolute Gasteiger partial charge is 0.261 e. The first-order valence-corrected chi connectivity index (χ1v) is 12.2. The molecular formula is C23H28N2O5S. The highest BCUT2D eigenvalue weighted by Crippen LogP contribution is 2.40. The lowest BCUT2D eigenvalue weighted by atomic mass is 9.88. The zero-order valence-electron chi connectivity index (χ0n) is 18.2. The van der Waals surface area contributed by atoms with Gasteiger partial charge in [0.05, 0.1) is 18.0 Å². The third kappa shape index (κ3) is 4.49. The van der Waals surface area contributed by atoms with Crippen molar-refractivity contribution in [1.29, 1.82) is 0 Å². The van der Waals surface area contributed by atoms with Crippen LogP contribution < -0.4 is 19.1 Å². The average Bonchev–Trinajstić information content (AvgIpc) is 2.87. The van der Waals surface area contributed by atoms with Crippen molar-refractivity contribution < 1.29 is 22.7 Å². The number of aryl methyl sites for hydroxylation is 1. The topological polar surface area (TPSA) is 84.9 Å². The molecule has 0 bridgehead atoms. The summed E-state index contributed by atoms with van der Waals surface area (Å²) in [7, 11) is -3.49. The fraction of sp³-hybridized carbons (Fsp3) is 0.435. The van der Waals surface area contributed by atoms with Gasteiger partial charge < -0.3 is 14.8 Å². The molecule has 0 unspecified atom stereocenters. The van der Waals surface area contributed by atoms with Crippen LogP contribution in [-0.2, 0) is 14.8 Å². The summed E-state index contributed by atoms with van der Waals surface area (Å²) >= 11 is 0. The molecule has 2 atom stereocenters. The highest BCUT2D eigenvalue weighted by Gasteiger charge is 2.37.